The molecule has 1 aliphatic heterocycles. The molecule has 0 atom stereocenters. The van der Waals surface area contributed by atoms with E-state index in [9.17, 15) is 4.79 Å². The second-order valence-electron chi connectivity index (χ2n) is 5.90. The number of hydrogen-bond donors (Lipinski definition) is 0. The van der Waals surface area contributed by atoms with Crippen molar-refractivity contribution in [2.75, 3.05) is 13.7 Å². The molecule has 1 saturated carbocycles. The van der Waals surface area contributed by atoms with Gasteiger partial charge in [-0.25, -0.2) is 0 Å². The third-order valence-electron chi connectivity index (χ3n) is 4.14. The van der Waals surface area contributed by atoms with Crippen LogP contribution in [0.5, 0.6) is 0 Å². The summed E-state index contributed by atoms with van der Waals surface area (Å²) >= 11 is 0. The standard InChI is InChI=1S/C14H22O3/c1-13(2)6-8-14(16-3,9-7-13)12(15)11-5-4-10-17-11/h5H,4,6-10H2,1-3H3. The van der Waals surface area contributed by atoms with Crippen LogP contribution in [0.2, 0.25) is 0 Å². The predicted molar refractivity (Wildman–Crippen MR) is 65.6 cm³/mol. The maximum Gasteiger partial charge on any atom is 0.228 e. The van der Waals surface area contributed by atoms with Gasteiger partial charge in [0.05, 0.1) is 6.61 Å². The van der Waals surface area contributed by atoms with Crippen molar-refractivity contribution in [2.45, 2.75) is 51.6 Å². The van der Waals surface area contributed by atoms with Crippen LogP contribution in [-0.4, -0.2) is 25.1 Å². The topological polar surface area (TPSA) is 35.5 Å². The Bertz CT molecular complexity index is 331. The number of ketones is 1. The van der Waals surface area contributed by atoms with Gasteiger partial charge in [0, 0.05) is 13.5 Å². The first-order valence-corrected chi connectivity index (χ1v) is 6.42. The van der Waals surface area contributed by atoms with Crippen molar-refractivity contribution in [3.05, 3.63) is 11.8 Å². The minimum absolute atomic E-state index is 0.0491. The van der Waals surface area contributed by atoms with E-state index >= 15 is 0 Å². The lowest BCUT2D eigenvalue weighted by atomic mass is 9.69. The summed E-state index contributed by atoms with van der Waals surface area (Å²) in [5.41, 5.74) is -0.307. The average molecular weight is 238 g/mol. The van der Waals surface area contributed by atoms with E-state index in [0.717, 1.165) is 32.1 Å². The molecule has 0 unspecified atom stereocenters. The Labute approximate surface area is 103 Å². The molecule has 1 aliphatic carbocycles. The van der Waals surface area contributed by atoms with Crippen molar-refractivity contribution in [2.24, 2.45) is 5.41 Å². The zero-order valence-electron chi connectivity index (χ0n) is 11.0. The molecule has 0 N–H and O–H groups in total. The highest BCUT2D eigenvalue weighted by molar-refractivity contribution is 6.00. The highest BCUT2D eigenvalue weighted by Crippen LogP contribution is 2.43. The van der Waals surface area contributed by atoms with E-state index in [1.807, 2.05) is 6.08 Å². The molecule has 3 heteroatoms. The highest BCUT2D eigenvalue weighted by atomic mass is 16.5. The molecule has 3 nitrogen and oxygen atoms in total. The van der Waals surface area contributed by atoms with Gasteiger partial charge in [0.15, 0.2) is 5.76 Å². The van der Waals surface area contributed by atoms with Gasteiger partial charge in [0.1, 0.15) is 5.60 Å². The molecule has 0 radical (unpaired) electrons. The van der Waals surface area contributed by atoms with Gasteiger partial charge in [-0.2, -0.15) is 0 Å². The maximum absolute atomic E-state index is 12.4. The minimum atomic E-state index is -0.633. The van der Waals surface area contributed by atoms with Crippen molar-refractivity contribution in [1.29, 1.82) is 0 Å². The molecular weight excluding hydrogens is 216 g/mol. The van der Waals surface area contributed by atoms with E-state index in [1.165, 1.54) is 0 Å². The molecule has 0 aromatic carbocycles. The van der Waals surface area contributed by atoms with Crippen LogP contribution in [0.3, 0.4) is 0 Å². The fraction of sp³-hybridized carbons (Fsp3) is 0.786. The normalized spacial score (nSPS) is 26.2. The first-order valence-electron chi connectivity index (χ1n) is 6.42. The lowest BCUT2D eigenvalue weighted by Crippen LogP contribution is -2.46. The molecule has 96 valence electrons. The van der Waals surface area contributed by atoms with Gasteiger partial charge in [-0.3, -0.25) is 4.79 Å². The molecule has 0 bridgehead atoms. The molecule has 0 spiro atoms. The molecule has 0 aromatic heterocycles. The first-order chi connectivity index (χ1) is 7.99. The molecule has 0 aromatic rings. The van der Waals surface area contributed by atoms with E-state index in [4.69, 9.17) is 9.47 Å². The zero-order valence-corrected chi connectivity index (χ0v) is 11.0. The molecule has 1 heterocycles. The second kappa shape index (κ2) is 4.45. The number of ether oxygens (including phenoxy) is 2. The van der Waals surface area contributed by atoms with Gasteiger partial charge in [-0.15, -0.1) is 0 Å². The molecule has 1 fully saturated rings. The molecule has 2 aliphatic rings. The molecule has 17 heavy (non-hydrogen) atoms. The monoisotopic (exact) mass is 238 g/mol. The number of carbonyl (C=O) groups excluding carboxylic acids is 1. The van der Waals surface area contributed by atoms with Crippen LogP contribution in [0.1, 0.15) is 46.0 Å². The van der Waals surface area contributed by atoms with Gasteiger partial charge < -0.3 is 9.47 Å². The van der Waals surface area contributed by atoms with Gasteiger partial charge >= 0.3 is 0 Å². The van der Waals surface area contributed by atoms with Crippen LogP contribution in [-0.2, 0) is 14.3 Å². The van der Waals surface area contributed by atoms with Gasteiger partial charge in [0.2, 0.25) is 5.78 Å². The Morgan fingerprint density at radius 1 is 1.29 bits per heavy atom. The van der Waals surface area contributed by atoms with Crippen LogP contribution >= 0.6 is 0 Å². The lowest BCUT2D eigenvalue weighted by molar-refractivity contribution is -0.147. The number of Topliss-reactive ketones (excluding diaryl/α,β-unsaturated/α-hetero) is 1. The summed E-state index contributed by atoms with van der Waals surface area (Å²) < 4.78 is 11.0. The second-order valence-corrected chi connectivity index (χ2v) is 5.90. The van der Waals surface area contributed by atoms with Crippen molar-refractivity contribution in [1.82, 2.24) is 0 Å². The van der Waals surface area contributed by atoms with Crippen molar-refractivity contribution >= 4 is 5.78 Å². The quantitative estimate of drug-likeness (QED) is 0.758. The fourth-order valence-corrected chi connectivity index (χ4v) is 2.66. The number of rotatable bonds is 3. The van der Waals surface area contributed by atoms with Crippen molar-refractivity contribution < 1.29 is 14.3 Å². The predicted octanol–water partition coefficient (Wildman–Crippen LogP) is 2.85. The van der Waals surface area contributed by atoms with Crippen molar-refractivity contribution in [3.63, 3.8) is 0 Å². The Balaban J connectivity index is 2.13. The number of hydrogen-bond acceptors (Lipinski definition) is 3. The van der Waals surface area contributed by atoms with Crippen LogP contribution in [0, 0.1) is 5.41 Å². The van der Waals surface area contributed by atoms with Crippen LogP contribution < -0.4 is 0 Å². The lowest BCUT2D eigenvalue weighted by Gasteiger charge is -2.41. The number of carbonyl (C=O) groups is 1. The third-order valence-corrected chi connectivity index (χ3v) is 4.14. The molecule has 0 amide bonds. The maximum atomic E-state index is 12.4. The van der Waals surface area contributed by atoms with E-state index in [0.29, 0.717) is 17.8 Å². The van der Waals surface area contributed by atoms with Crippen LogP contribution in [0.4, 0.5) is 0 Å². The molecule has 0 saturated heterocycles. The Kier molecular flexibility index (Phi) is 3.30. The minimum Gasteiger partial charge on any atom is -0.490 e. The van der Waals surface area contributed by atoms with E-state index in [2.05, 4.69) is 13.8 Å². The van der Waals surface area contributed by atoms with E-state index in [1.54, 1.807) is 7.11 Å². The van der Waals surface area contributed by atoms with Gasteiger partial charge in [-0.05, 0) is 37.2 Å². The summed E-state index contributed by atoms with van der Waals surface area (Å²) in [5.74, 6) is 0.569. The number of methoxy groups -OCH3 is 1. The third kappa shape index (κ3) is 2.39. The van der Waals surface area contributed by atoms with Crippen LogP contribution in [0.25, 0.3) is 0 Å². The molecular formula is C14H22O3. The summed E-state index contributed by atoms with van der Waals surface area (Å²) in [5, 5.41) is 0. The van der Waals surface area contributed by atoms with E-state index in [-0.39, 0.29) is 5.78 Å². The average Bonchev–Trinajstić information content (AvgIpc) is 2.82. The Hall–Kier alpha value is -0.830. The van der Waals surface area contributed by atoms with E-state index < -0.39 is 5.60 Å². The Morgan fingerprint density at radius 3 is 2.41 bits per heavy atom. The summed E-state index contributed by atoms with van der Waals surface area (Å²) in [6.45, 7) is 5.14. The largest absolute Gasteiger partial charge is 0.490 e. The first kappa shape index (κ1) is 12.6. The fourth-order valence-electron chi connectivity index (χ4n) is 2.66. The summed E-state index contributed by atoms with van der Waals surface area (Å²) in [6.07, 6.45) is 6.39. The summed E-state index contributed by atoms with van der Waals surface area (Å²) in [7, 11) is 1.64. The summed E-state index contributed by atoms with van der Waals surface area (Å²) in [4.78, 5) is 12.4. The van der Waals surface area contributed by atoms with Crippen LogP contribution in [0.15, 0.2) is 11.8 Å². The smallest absolute Gasteiger partial charge is 0.228 e. The molecule has 2 rings (SSSR count). The van der Waals surface area contributed by atoms with Gasteiger partial charge in [0.25, 0.3) is 0 Å². The summed E-state index contributed by atoms with van der Waals surface area (Å²) in [6, 6.07) is 0. The zero-order chi connectivity index (χ0) is 12.5. The highest BCUT2D eigenvalue weighted by Gasteiger charge is 2.46. The SMILES string of the molecule is COC1(C(=O)C2=CCCO2)CCC(C)(C)CC1. The van der Waals surface area contributed by atoms with Gasteiger partial charge in [-0.1, -0.05) is 13.8 Å². The van der Waals surface area contributed by atoms with Crippen molar-refractivity contribution in [3.8, 4) is 0 Å². The Morgan fingerprint density at radius 2 is 1.94 bits per heavy atom.